The Morgan fingerprint density at radius 1 is 1.26 bits per heavy atom. The third kappa shape index (κ3) is 4.97. The first kappa shape index (κ1) is 27.0. The van der Waals surface area contributed by atoms with Gasteiger partial charge in [0.1, 0.15) is 22.7 Å². The van der Waals surface area contributed by atoms with Gasteiger partial charge in [0.2, 0.25) is 5.89 Å². The molecule has 0 radical (unpaired) electrons. The van der Waals surface area contributed by atoms with Gasteiger partial charge in [-0.1, -0.05) is 30.3 Å². The zero-order valence-electron chi connectivity index (χ0n) is 22.0. The quantitative estimate of drug-likeness (QED) is 0.333. The Hall–Kier alpha value is -3.54. The van der Waals surface area contributed by atoms with Gasteiger partial charge in [-0.15, -0.1) is 11.3 Å². The van der Waals surface area contributed by atoms with Crippen LogP contribution in [0.5, 0.6) is 0 Å². The monoisotopic (exact) mass is 553 g/mol. The molecule has 0 spiro atoms. The first-order valence-corrected chi connectivity index (χ1v) is 13.7. The van der Waals surface area contributed by atoms with Crippen molar-refractivity contribution < 1.29 is 24.2 Å². The Morgan fingerprint density at radius 3 is 2.64 bits per heavy atom. The van der Waals surface area contributed by atoms with E-state index in [1.54, 1.807) is 6.92 Å². The summed E-state index contributed by atoms with van der Waals surface area (Å²) in [5, 5.41) is 20.4. The van der Waals surface area contributed by atoms with Gasteiger partial charge in [0.25, 0.3) is 5.56 Å². The van der Waals surface area contributed by atoms with Crippen LogP contribution in [-0.2, 0) is 21.6 Å². The highest BCUT2D eigenvalue weighted by atomic mass is 32.1. The van der Waals surface area contributed by atoms with Gasteiger partial charge in [-0.2, -0.15) is 0 Å². The summed E-state index contributed by atoms with van der Waals surface area (Å²) in [6.45, 7) is 4.44. The molecule has 1 aliphatic carbocycles. The Balaban J connectivity index is 1.72. The molecule has 0 aliphatic heterocycles. The summed E-state index contributed by atoms with van der Waals surface area (Å²) in [4.78, 5) is 45.2. The molecule has 1 unspecified atom stereocenters. The van der Waals surface area contributed by atoms with Gasteiger partial charge in [-0.3, -0.25) is 9.36 Å². The van der Waals surface area contributed by atoms with Gasteiger partial charge in [-0.05, 0) is 57.6 Å². The molecule has 0 saturated heterocycles. The third-order valence-corrected chi connectivity index (χ3v) is 8.70. The summed E-state index contributed by atoms with van der Waals surface area (Å²) in [5.41, 5.74) is -1.85. The van der Waals surface area contributed by atoms with E-state index in [4.69, 9.17) is 9.15 Å². The molecular formula is C28H31N3O7S. The number of rotatable bonds is 8. The van der Waals surface area contributed by atoms with Crippen molar-refractivity contribution in [3.05, 3.63) is 74.8 Å². The summed E-state index contributed by atoms with van der Waals surface area (Å²) in [6.07, 6.45) is 4.51. The zero-order valence-corrected chi connectivity index (χ0v) is 22.8. The molecule has 4 aromatic rings. The van der Waals surface area contributed by atoms with Crippen molar-refractivity contribution in [2.24, 2.45) is 0 Å². The summed E-state index contributed by atoms with van der Waals surface area (Å²) in [7, 11) is 0. The number of hydrogen-bond acceptors (Lipinski definition) is 8. The van der Waals surface area contributed by atoms with Crippen LogP contribution in [0.1, 0.15) is 56.8 Å². The topological polar surface area (TPSA) is 137 Å². The van der Waals surface area contributed by atoms with Crippen LogP contribution >= 0.6 is 11.3 Å². The molecule has 1 aliphatic rings. The minimum Gasteiger partial charge on any atom is -0.480 e. The lowest BCUT2D eigenvalue weighted by molar-refractivity contribution is -0.146. The van der Waals surface area contributed by atoms with Crippen LogP contribution in [0.4, 0.5) is 0 Å². The highest BCUT2D eigenvalue weighted by molar-refractivity contribution is 7.22. The number of carboxylic acids is 1. The molecular weight excluding hydrogens is 522 g/mol. The number of aliphatic hydroxyl groups excluding tert-OH is 1. The molecule has 39 heavy (non-hydrogen) atoms. The van der Waals surface area contributed by atoms with E-state index in [-0.39, 0.29) is 18.0 Å². The average molecular weight is 554 g/mol. The fraction of sp³-hybridized carbons (Fsp3) is 0.429. The number of aryl methyl sites for hydroxylation is 1. The molecule has 2 N–H and O–H groups in total. The van der Waals surface area contributed by atoms with Crippen LogP contribution in [-0.4, -0.2) is 42.5 Å². The lowest BCUT2D eigenvalue weighted by Gasteiger charge is -2.31. The molecule has 1 saturated carbocycles. The number of benzene rings is 1. The van der Waals surface area contributed by atoms with E-state index in [0.717, 1.165) is 29.4 Å². The van der Waals surface area contributed by atoms with Crippen LogP contribution in [0.15, 0.2) is 56.8 Å². The summed E-state index contributed by atoms with van der Waals surface area (Å²) in [6, 6.07) is 9.45. The van der Waals surface area contributed by atoms with E-state index >= 15 is 0 Å². The molecule has 3 atom stereocenters. The van der Waals surface area contributed by atoms with Crippen molar-refractivity contribution in [1.29, 1.82) is 0 Å². The van der Waals surface area contributed by atoms with Gasteiger partial charge in [0.05, 0.1) is 35.2 Å². The average Bonchev–Trinajstić information content (AvgIpc) is 3.54. The van der Waals surface area contributed by atoms with Crippen molar-refractivity contribution in [2.45, 2.75) is 76.9 Å². The molecule has 206 valence electrons. The van der Waals surface area contributed by atoms with E-state index < -0.39 is 35.0 Å². The van der Waals surface area contributed by atoms with Crippen LogP contribution in [0.2, 0.25) is 0 Å². The van der Waals surface area contributed by atoms with Crippen molar-refractivity contribution in [1.82, 2.24) is 14.1 Å². The molecule has 1 aromatic carbocycles. The molecule has 1 fully saturated rings. The number of aromatic nitrogens is 3. The standard InChI is InChI=1S/C28H31N3O7S/c1-16-21-24(33)31(28(2,3)26(34)35)27(36)30(25(21)39-22(16)23-29-12-13-37-23)15-20(17-8-5-4-6-9-17)38-19-11-7-10-18(32)14-19/h4-6,8-9,12-13,18-20,32H,7,10-11,14-15H2,1-3H3,(H,34,35)/t18-,19?,20+/m1/s1. The molecule has 0 bridgehead atoms. The maximum atomic E-state index is 14.0. The maximum absolute atomic E-state index is 14.0. The number of fused-ring (bicyclic) bond motifs is 1. The number of carboxylic acid groups (broad SMARTS) is 1. The second-order valence-electron chi connectivity index (χ2n) is 10.4. The first-order valence-electron chi connectivity index (χ1n) is 12.9. The van der Waals surface area contributed by atoms with Gasteiger partial charge < -0.3 is 19.4 Å². The summed E-state index contributed by atoms with van der Waals surface area (Å²) in [5.74, 6) is -0.997. The van der Waals surface area contributed by atoms with E-state index in [9.17, 15) is 24.6 Å². The number of hydrogen-bond donors (Lipinski definition) is 2. The van der Waals surface area contributed by atoms with E-state index in [1.807, 2.05) is 30.3 Å². The van der Waals surface area contributed by atoms with Gasteiger partial charge in [0, 0.05) is 0 Å². The van der Waals surface area contributed by atoms with Gasteiger partial charge in [-0.25, -0.2) is 19.1 Å². The second-order valence-corrected chi connectivity index (χ2v) is 11.4. The van der Waals surface area contributed by atoms with Crippen LogP contribution in [0.3, 0.4) is 0 Å². The number of aliphatic hydroxyl groups is 1. The molecule has 5 rings (SSSR count). The van der Waals surface area contributed by atoms with E-state index in [0.29, 0.717) is 27.6 Å². The van der Waals surface area contributed by atoms with Crippen molar-refractivity contribution in [2.75, 3.05) is 0 Å². The Labute approximate surface area is 228 Å². The minimum atomic E-state index is -1.81. The SMILES string of the molecule is Cc1c(-c2ncco2)sc2c1c(=O)n(C(C)(C)C(=O)O)c(=O)n2C[C@H](OC1CCC[C@@H](O)C1)c1ccccc1. The molecule has 3 aromatic heterocycles. The summed E-state index contributed by atoms with van der Waals surface area (Å²) >= 11 is 1.20. The Bertz CT molecular complexity index is 1600. The summed E-state index contributed by atoms with van der Waals surface area (Å²) < 4.78 is 14.3. The second kappa shape index (κ2) is 10.6. The number of aliphatic carboxylic acids is 1. The number of nitrogens with zero attached hydrogens (tertiary/aromatic N) is 3. The smallest absolute Gasteiger partial charge is 0.333 e. The number of carbonyl (C=O) groups is 1. The van der Waals surface area contributed by atoms with Crippen molar-refractivity contribution in [3.8, 4) is 10.8 Å². The van der Waals surface area contributed by atoms with Crippen LogP contribution in [0.25, 0.3) is 21.0 Å². The highest BCUT2D eigenvalue weighted by Gasteiger charge is 2.36. The fourth-order valence-electron chi connectivity index (χ4n) is 5.17. The minimum absolute atomic E-state index is 0.0346. The first-order chi connectivity index (χ1) is 18.6. The lowest BCUT2D eigenvalue weighted by Crippen LogP contribution is -2.52. The predicted molar refractivity (Wildman–Crippen MR) is 146 cm³/mol. The maximum Gasteiger partial charge on any atom is 0.333 e. The molecule has 10 nitrogen and oxygen atoms in total. The highest BCUT2D eigenvalue weighted by Crippen LogP contribution is 2.37. The van der Waals surface area contributed by atoms with Crippen LogP contribution < -0.4 is 11.2 Å². The lowest BCUT2D eigenvalue weighted by atomic mass is 9.94. The number of thiophene rings is 1. The number of ether oxygens (including phenoxy) is 1. The normalized spacial score (nSPS) is 18.9. The predicted octanol–water partition coefficient (Wildman–Crippen LogP) is 4.07. The van der Waals surface area contributed by atoms with E-state index in [2.05, 4.69) is 4.98 Å². The third-order valence-electron chi connectivity index (χ3n) is 7.40. The zero-order chi connectivity index (χ0) is 27.9. The van der Waals surface area contributed by atoms with Crippen molar-refractivity contribution >= 4 is 27.5 Å². The number of oxazole rings is 1. The van der Waals surface area contributed by atoms with Crippen LogP contribution in [0, 0.1) is 6.92 Å². The van der Waals surface area contributed by atoms with E-state index in [1.165, 1.54) is 42.2 Å². The Morgan fingerprint density at radius 2 is 2.00 bits per heavy atom. The molecule has 3 heterocycles. The fourth-order valence-corrected chi connectivity index (χ4v) is 6.41. The van der Waals surface area contributed by atoms with Gasteiger partial charge in [0.15, 0.2) is 0 Å². The van der Waals surface area contributed by atoms with Crippen molar-refractivity contribution in [3.63, 3.8) is 0 Å². The molecule has 11 heteroatoms. The largest absolute Gasteiger partial charge is 0.480 e. The molecule has 0 amide bonds. The van der Waals surface area contributed by atoms with Gasteiger partial charge >= 0.3 is 11.7 Å². The Kier molecular flexibility index (Phi) is 7.32.